The first kappa shape index (κ1) is 12.2. The van der Waals surface area contributed by atoms with Gasteiger partial charge in [-0.15, -0.1) is 5.10 Å². The van der Waals surface area contributed by atoms with Crippen molar-refractivity contribution in [3.63, 3.8) is 0 Å². The van der Waals surface area contributed by atoms with Gasteiger partial charge in [0, 0.05) is 17.3 Å². The Bertz CT molecular complexity index is 720. The van der Waals surface area contributed by atoms with Crippen molar-refractivity contribution in [2.24, 2.45) is 0 Å². The Morgan fingerprint density at radius 1 is 1.10 bits per heavy atom. The molecule has 0 amide bonds. The van der Waals surface area contributed by atoms with E-state index in [1.807, 2.05) is 48.5 Å². The number of rotatable bonds is 3. The molecule has 0 radical (unpaired) electrons. The molecule has 0 fully saturated rings. The number of hydrogen-bond acceptors (Lipinski definition) is 5. The van der Waals surface area contributed by atoms with Gasteiger partial charge in [-0.1, -0.05) is 6.07 Å². The van der Waals surface area contributed by atoms with Crippen molar-refractivity contribution in [2.45, 2.75) is 0 Å². The van der Waals surface area contributed by atoms with Crippen LogP contribution in [0.15, 0.2) is 48.5 Å². The van der Waals surface area contributed by atoms with E-state index < -0.39 is 0 Å². The zero-order valence-corrected chi connectivity index (χ0v) is 10.9. The van der Waals surface area contributed by atoms with Crippen LogP contribution in [0.5, 0.6) is 5.75 Å². The summed E-state index contributed by atoms with van der Waals surface area (Å²) >= 11 is 0. The topological polar surface area (TPSA) is 78.8 Å². The maximum atomic E-state index is 5.69. The van der Waals surface area contributed by atoms with E-state index in [0.717, 1.165) is 17.0 Å². The first-order chi connectivity index (χ1) is 9.78. The van der Waals surface area contributed by atoms with Crippen molar-refractivity contribution in [1.82, 2.24) is 20.2 Å². The number of methoxy groups -OCH3 is 1. The minimum Gasteiger partial charge on any atom is -0.497 e. The third kappa shape index (κ3) is 2.18. The van der Waals surface area contributed by atoms with Gasteiger partial charge in [-0.2, -0.15) is 4.68 Å². The molecular weight excluding hydrogens is 254 g/mol. The number of nitrogen functional groups attached to an aromatic ring is 1. The van der Waals surface area contributed by atoms with Gasteiger partial charge in [-0.05, 0) is 46.8 Å². The predicted molar refractivity (Wildman–Crippen MR) is 75.6 cm³/mol. The lowest BCUT2D eigenvalue weighted by Gasteiger charge is -2.06. The predicted octanol–water partition coefficient (Wildman–Crippen LogP) is 1.92. The first-order valence-corrected chi connectivity index (χ1v) is 6.06. The van der Waals surface area contributed by atoms with Crippen LogP contribution in [0.2, 0.25) is 0 Å². The molecule has 1 aromatic heterocycles. The van der Waals surface area contributed by atoms with Gasteiger partial charge in [0.15, 0.2) is 5.82 Å². The Kier molecular flexibility index (Phi) is 3.04. The summed E-state index contributed by atoms with van der Waals surface area (Å²) in [7, 11) is 1.62. The number of hydrogen-bond donors (Lipinski definition) is 1. The van der Waals surface area contributed by atoms with E-state index in [4.69, 9.17) is 10.5 Å². The second kappa shape index (κ2) is 5.00. The van der Waals surface area contributed by atoms with Crippen molar-refractivity contribution in [3.8, 4) is 22.8 Å². The Balaban J connectivity index is 2.07. The number of tetrazole rings is 1. The van der Waals surface area contributed by atoms with Gasteiger partial charge in [0.05, 0.1) is 12.8 Å². The lowest BCUT2D eigenvalue weighted by molar-refractivity contribution is 0.414. The molecule has 6 heteroatoms. The van der Waals surface area contributed by atoms with Crippen LogP contribution in [0.25, 0.3) is 17.1 Å². The van der Waals surface area contributed by atoms with Crippen molar-refractivity contribution >= 4 is 5.69 Å². The SMILES string of the molecule is COc1cccc(-n2nnnc2-c2ccc(N)cc2)c1. The molecule has 0 unspecified atom stereocenters. The highest BCUT2D eigenvalue weighted by atomic mass is 16.5. The Morgan fingerprint density at radius 2 is 1.90 bits per heavy atom. The van der Waals surface area contributed by atoms with Crippen molar-refractivity contribution in [1.29, 1.82) is 0 Å². The molecule has 0 spiro atoms. The summed E-state index contributed by atoms with van der Waals surface area (Å²) in [5.74, 6) is 1.40. The minimum atomic E-state index is 0.651. The highest BCUT2D eigenvalue weighted by Gasteiger charge is 2.11. The number of ether oxygens (including phenoxy) is 1. The molecule has 2 N–H and O–H groups in total. The highest BCUT2D eigenvalue weighted by Crippen LogP contribution is 2.22. The first-order valence-electron chi connectivity index (χ1n) is 6.06. The van der Waals surface area contributed by atoms with Gasteiger partial charge in [-0.25, -0.2) is 0 Å². The van der Waals surface area contributed by atoms with Crippen LogP contribution in [-0.2, 0) is 0 Å². The number of nitrogens with two attached hydrogens (primary N) is 1. The molecule has 0 saturated heterocycles. The molecule has 0 bridgehead atoms. The van der Waals surface area contributed by atoms with E-state index in [1.165, 1.54) is 0 Å². The molecule has 100 valence electrons. The monoisotopic (exact) mass is 267 g/mol. The maximum absolute atomic E-state index is 5.69. The average Bonchev–Trinajstić information content (AvgIpc) is 2.97. The summed E-state index contributed by atoms with van der Waals surface area (Å²) in [6, 6.07) is 15.0. The van der Waals surface area contributed by atoms with Gasteiger partial charge in [0.25, 0.3) is 0 Å². The van der Waals surface area contributed by atoms with Crippen LogP contribution >= 0.6 is 0 Å². The van der Waals surface area contributed by atoms with E-state index in [0.29, 0.717) is 11.5 Å². The number of anilines is 1. The fourth-order valence-corrected chi connectivity index (χ4v) is 1.92. The second-order valence-electron chi connectivity index (χ2n) is 4.24. The normalized spacial score (nSPS) is 10.4. The zero-order chi connectivity index (χ0) is 13.9. The molecule has 6 nitrogen and oxygen atoms in total. The largest absolute Gasteiger partial charge is 0.497 e. The summed E-state index contributed by atoms with van der Waals surface area (Å²) < 4.78 is 6.88. The molecule has 3 aromatic rings. The fourth-order valence-electron chi connectivity index (χ4n) is 1.92. The minimum absolute atomic E-state index is 0.651. The molecule has 0 atom stereocenters. The van der Waals surface area contributed by atoms with Gasteiger partial charge < -0.3 is 10.5 Å². The molecule has 0 aliphatic carbocycles. The van der Waals surface area contributed by atoms with Crippen LogP contribution in [0, 0.1) is 0 Å². The quantitative estimate of drug-likeness (QED) is 0.733. The van der Waals surface area contributed by atoms with Gasteiger partial charge in [0.1, 0.15) is 5.75 Å². The molecule has 2 aromatic carbocycles. The average molecular weight is 267 g/mol. The summed E-state index contributed by atoms with van der Waals surface area (Å²) in [4.78, 5) is 0. The van der Waals surface area contributed by atoms with E-state index in [9.17, 15) is 0 Å². The third-order valence-corrected chi connectivity index (χ3v) is 2.94. The lowest BCUT2D eigenvalue weighted by Crippen LogP contribution is -2.00. The van der Waals surface area contributed by atoms with Crippen molar-refractivity contribution in [2.75, 3.05) is 12.8 Å². The summed E-state index contributed by atoms with van der Waals surface area (Å²) in [5, 5.41) is 11.8. The van der Waals surface area contributed by atoms with Gasteiger partial charge >= 0.3 is 0 Å². The smallest absolute Gasteiger partial charge is 0.187 e. The van der Waals surface area contributed by atoms with Crippen LogP contribution < -0.4 is 10.5 Å². The van der Waals surface area contributed by atoms with E-state index >= 15 is 0 Å². The van der Waals surface area contributed by atoms with Gasteiger partial charge in [0.2, 0.25) is 0 Å². The summed E-state index contributed by atoms with van der Waals surface area (Å²) in [5.41, 5.74) is 8.12. The fraction of sp³-hybridized carbons (Fsp3) is 0.0714. The summed E-state index contributed by atoms with van der Waals surface area (Å²) in [6.45, 7) is 0. The molecule has 20 heavy (non-hydrogen) atoms. The molecule has 0 aliphatic rings. The molecule has 3 rings (SSSR count). The lowest BCUT2D eigenvalue weighted by atomic mass is 10.2. The number of benzene rings is 2. The second-order valence-corrected chi connectivity index (χ2v) is 4.24. The Hall–Kier alpha value is -2.89. The van der Waals surface area contributed by atoms with Crippen LogP contribution in [0.1, 0.15) is 0 Å². The van der Waals surface area contributed by atoms with E-state index in [1.54, 1.807) is 11.8 Å². The Labute approximate surface area is 115 Å². The molecule has 1 heterocycles. The molecular formula is C14H13N5O. The van der Waals surface area contributed by atoms with Crippen molar-refractivity contribution < 1.29 is 4.74 Å². The van der Waals surface area contributed by atoms with Gasteiger partial charge in [-0.3, -0.25) is 0 Å². The zero-order valence-electron chi connectivity index (χ0n) is 10.9. The molecule has 0 saturated carbocycles. The Morgan fingerprint density at radius 3 is 2.65 bits per heavy atom. The van der Waals surface area contributed by atoms with Crippen LogP contribution in [0.3, 0.4) is 0 Å². The van der Waals surface area contributed by atoms with Crippen molar-refractivity contribution in [3.05, 3.63) is 48.5 Å². The molecule has 0 aliphatic heterocycles. The van der Waals surface area contributed by atoms with E-state index in [2.05, 4.69) is 15.5 Å². The number of nitrogens with zero attached hydrogens (tertiary/aromatic N) is 4. The van der Waals surface area contributed by atoms with Crippen LogP contribution in [0.4, 0.5) is 5.69 Å². The third-order valence-electron chi connectivity index (χ3n) is 2.94. The highest BCUT2D eigenvalue weighted by molar-refractivity contribution is 5.60. The van der Waals surface area contributed by atoms with E-state index in [-0.39, 0.29) is 0 Å². The maximum Gasteiger partial charge on any atom is 0.187 e. The standard InChI is InChI=1S/C14H13N5O/c1-20-13-4-2-3-12(9-13)19-14(16-17-18-19)10-5-7-11(15)8-6-10/h2-9H,15H2,1H3. The summed E-state index contributed by atoms with van der Waals surface area (Å²) in [6.07, 6.45) is 0. The number of aromatic nitrogens is 4. The van der Waals surface area contributed by atoms with Crippen LogP contribution in [-0.4, -0.2) is 27.3 Å².